The summed E-state index contributed by atoms with van der Waals surface area (Å²) in [6.07, 6.45) is 2.68. The number of carbonyl (C=O) groups excluding carboxylic acids is 2. The zero-order valence-corrected chi connectivity index (χ0v) is 16.0. The van der Waals surface area contributed by atoms with Crippen LogP contribution >= 0.6 is 0 Å². The third kappa shape index (κ3) is 5.10. The van der Waals surface area contributed by atoms with Gasteiger partial charge in [0.1, 0.15) is 11.6 Å². The van der Waals surface area contributed by atoms with Crippen LogP contribution in [-0.2, 0) is 4.74 Å². The second kappa shape index (κ2) is 9.36. The van der Waals surface area contributed by atoms with E-state index in [4.69, 9.17) is 10.5 Å². The number of carbonyl (C=O) groups is 2. The number of hydrogen-bond donors (Lipinski definition) is 2. The molecule has 10 heteroatoms. The normalized spacial score (nSPS) is 13.3. The summed E-state index contributed by atoms with van der Waals surface area (Å²) in [7, 11) is 0. The molecule has 0 aliphatic carbocycles. The van der Waals surface area contributed by atoms with Crippen LogP contribution < -0.4 is 16.0 Å². The molecule has 0 spiro atoms. The van der Waals surface area contributed by atoms with Crippen LogP contribution in [0.4, 0.5) is 22.2 Å². The number of pyridine rings is 1. The number of amides is 2. The maximum Gasteiger partial charge on any atom is 0.410 e. The highest BCUT2D eigenvalue weighted by atomic mass is 16.6. The zero-order chi connectivity index (χ0) is 20.6. The van der Waals surface area contributed by atoms with Crippen molar-refractivity contribution in [3.8, 4) is 11.8 Å². The van der Waals surface area contributed by atoms with E-state index in [-0.39, 0.29) is 18.1 Å². The lowest BCUT2D eigenvalue weighted by Crippen LogP contribution is -2.49. The van der Waals surface area contributed by atoms with Crippen LogP contribution in [0.1, 0.15) is 17.4 Å². The minimum atomic E-state index is -0.491. The molecule has 3 N–H and O–H groups in total. The molecular formula is C19H21N7O3. The third-order valence-electron chi connectivity index (χ3n) is 4.22. The average molecular weight is 395 g/mol. The molecule has 0 radical (unpaired) electrons. The molecule has 150 valence electrons. The molecule has 1 saturated heterocycles. The number of ether oxygens (including phenoxy) is 1. The van der Waals surface area contributed by atoms with Gasteiger partial charge in [0.15, 0.2) is 18.1 Å². The quantitative estimate of drug-likeness (QED) is 0.734. The minimum absolute atomic E-state index is 0.0214. The first kappa shape index (κ1) is 19.9. The molecule has 0 aromatic carbocycles. The van der Waals surface area contributed by atoms with E-state index in [0.29, 0.717) is 37.8 Å². The molecule has 3 rings (SSSR count). The first-order valence-electron chi connectivity index (χ1n) is 8.99. The van der Waals surface area contributed by atoms with Gasteiger partial charge in [-0.05, 0) is 19.1 Å². The third-order valence-corrected chi connectivity index (χ3v) is 4.22. The fourth-order valence-corrected chi connectivity index (χ4v) is 2.70. The summed E-state index contributed by atoms with van der Waals surface area (Å²) in [5.74, 6) is 5.80. The molecule has 2 amide bonds. The van der Waals surface area contributed by atoms with Crippen molar-refractivity contribution in [3.63, 3.8) is 0 Å². The van der Waals surface area contributed by atoms with Crippen molar-refractivity contribution in [1.29, 1.82) is 0 Å². The van der Waals surface area contributed by atoms with Crippen molar-refractivity contribution < 1.29 is 14.3 Å². The Morgan fingerprint density at radius 3 is 2.72 bits per heavy atom. The summed E-state index contributed by atoms with van der Waals surface area (Å²) >= 11 is 0. The predicted molar refractivity (Wildman–Crippen MR) is 107 cm³/mol. The van der Waals surface area contributed by atoms with Gasteiger partial charge in [0.2, 0.25) is 0 Å². The number of nitrogen functional groups attached to an aromatic ring is 1. The molecule has 3 heterocycles. The molecule has 0 bridgehead atoms. The van der Waals surface area contributed by atoms with Crippen molar-refractivity contribution in [1.82, 2.24) is 19.9 Å². The number of rotatable bonds is 4. The molecule has 1 fully saturated rings. The lowest BCUT2D eigenvalue weighted by molar-refractivity contribution is 0.102. The van der Waals surface area contributed by atoms with Gasteiger partial charge in [-0.25, -0.2) is 19.7 Å². The highest BCUT2D eigenvalue weighted by molar-refractivity contribution is 6.05. The van der Waals surface area contributed by atoms with Crippen LogP contribution in [0.15, 0.2) is 30.6 Å². The SMILES string of the molecule is CC#CCOC(=O)N1CCN(c2cnc(N)c(C(=O)Nc3ccccn3)n2)CC1. The van der Waals surface area contributed by atoms with Crippen LogP contribution in [0.5, 0.6) is 0 Å². The molecule has 0 saturated carbocycles. The van der Waals surface area contributed by atoms with Crippen LogP contribution in [-0.4, -0.2) is 64.6 Å². The summed E-state index contributed by atoms with van der Waals surface area (Å²) < 4.78 is 5.08. The first-order valence-corrected chi connectivity index (χ1v) is 8.99. The summed E-state index contributed by atoms with van der Waals surface area (Å²) in [5.41, 5.74) is 5.86. The van der Waals surface area contributed by atoms with Crippen LogP contribution in [0, 0.1) is 11.8 Å². The molecule has 10 nitrogen and oxygen atoms in total. The number of piperazine rings is 1. The maximum absolute atomic E-state index is 12.5. The van der Waals surface area contributed by atoms with E-state index in [9.17, 15) is 9.59 Å². The van der Waals surface area contributed by atoms with Gasteiger partial charge in [0.05, 0.1) is 6.20 Å². The van der Waals surface area contributed by atoms with E-state index in [0.717, 1.165) is 0 Å². The average Bonchev–Trinajstić information content (AvgIpc) is 2.75. The Hall–Kier alpha value is -3.87. The smallest absolute Gasteiger partial charge is 0.410 e. The fraction of sp³-hybridized carbons (Fsp3) is 0.316. The molecule has 1 aliphatic heterocycles. The second-order valence-electron chi connectivity index (χ2n) is 6.09. The number of hydrogen-bond acceptors (Lipinski definition) is 8. The van der Waals surface area contributed by atoms with Gasteiger partial charge < -0.3 is 25.6 Å². The topological polar surface area (TPSA) is 127 Å². The van der Waals surface area contributed by atoms with Gasteiger partial charge in [0, 0.05) is 32.4 Å². The van der Waals surface area contributed by atoms with Crippen molar-refractivity contribution in [2.45, 2.75) is 6.92 Å². The van der Waals surface area contributed by atoms with Gasteiger partial charge in [-0.3, -0.25) is 4.79 Å². The Kier molecular flexibility index (Phi) is 6.42. The van der Waals surface area contributed by atoms with E-state index in [1.165, 1.54) is 6.20 Å². The number of anilines is 3. The Labute approximate surface area is 168 Å². The number of nitrogens with two attached hydrogens (primary N) is 1. The van der Waals surface area contributed by atoms with Gasteiger partial charge in [-0.15, -0.1) is 5.92 Å². The van der Waals surface area contributed by atoms with Crippen molar-refractivity contribution >= 4 is 29.5 Å². The molecule has 2 aromatic heterocycles. The number of aromatic nitrogens is 3. The Bertz CT molecular complexity index is 932. The van der Waals surface area contributed by atoms with E-state index < -0.39 is 12.0 Å². The monoisotopic (exact) mass is 395 g/mol. The Balaban J connectivity index is 1.63. The highest BCUT2D eigenvalue weighted by Gasteiger charge is 2.24. The fourth-order valence-electron chi connectivity index (χ4n) is 2.70. The van der Waals surface area contributed by atoms with Gasteiger partial charge >= 0.3 is 6.09 Å². The highest BCUT2D eigenvalue weighted by Crippen LogP contribution is 2.17. The number of nitrogens with zero attached hydrogens (tertiary/aromatic N) is 5. The molecule has 2 aromatic rings. The van der Waals surface area contributed by atoms with Crippen molar-refractivity contribution in [2.24, 2.45) is 0 Å². The summed E-state index contributed by atoms with van der Waals surface area (Å²) in [5, 5.41) is 2.64. The lowest BCUT2D eigenvalue weighted by atomic mass is 10.3. The predicted octanol–water partition coefficient (Wildman–Crippen LogP) is 0.988. The summed E-state index contributed by atoms with van der Waals surface area (Å²) in [4.78, 5) is 40.5. The first-order chi connectivity index (χ1) is 14.1. The van der Waals surface area contributed by atoms with E-state index in [1.807, 2.05) is 4.90 Å². The molecule has 29 heavy (non-hydrogen) atoms. The van der Waals surface area contributed by atoms with Crippen LogP contribution in [0.25, 0.3) is 0 Å². The van der Waals surface area contributed by atoms with Crippen molar-refractivity contribution in [3.05, 3.63) is 36.3 Å². The van der Waals surface area contributed by atoms with E-state index in [1.54, 1.807) is 36.2 Å². The molecular weight excluding hydrogens is 374 g/mol. The van der Waals surface area contributed by atoms with Crippen LogP contribution in [0.2, 0.25) is 0 Å². The summed E-state index contributed by atoms with van der Waals surface area (Å²) in [6, 6.07) is 5.17. The largest absolute Gasteiger partial charge is 0.436 e. The van der Waals surface area contributed by atoms with Crippen LogP contribution in [0.3, 0.4) is 0 Å². The maximum atomic E-state index is 12.5. The second-order valence-corrected chi connectivity index (χ2v) is 6.09. The Morgan fingerprint density at radius 1 is 1.24 bits per heavy atom. The molecule has 0 atom stereocenters. The Morgan fingerprint density at radius 2 is 2.03 bits per heavy atom. The van der Waals surface area contributed by atoms with Crippen molar-refractivity contribution in [2.75, 3.05) is 48.7 Å². The van der Waals surface area contributed by atoms with Gasteiger partial charge in [0.25, 0.3) is 5.91 Å². The lowest BCUT2D eigenvalue weighted by Gasteiger charge is -2.34. The minimum Gasteiger partial charge on any atom is -0.436 e. The molecule has 1 aliphatic rings. The number of nitrogens with one attached hydrogen (secondary N) is 1. The molecule has 0 unspecified atom stereocenters. The van der Waals surface area contributed by atoms with Gasteiger partial charge in [-0.2, -0.15) is 0 Å². The van der Waals surface area contributed by atoms with E-state index in [2.05, 4.69) is 32.1 Å². The van der Waals surface area contributed by atoms with Gasteiger partial charge in [-0.1, -0.05) is 12.0 Å². The standard InChI is InChI=1S/C19H21N7O3/c1-2-3-12-29-19(28)26-10-8-25(9-11-26)15-13-22-17(20)16(24-15)18(27)23-14-6-4-5-7-21-14/h4-7,13H,8-12H2,1H3,(H2,20,22)(H,21,23,27). The van der Waals surface area contributed by atoms with E-state index >= 15 is 0 Å². The summed E-state index contributed by atoms with van der Waals surface area (Å²) in [6.45, 7) is 3.72. The zero-order valence-electron chi connectivity index (χ0n) is 16.0.